The summed E-state index contributed by atoms with van der Waals surface area (Å²) in [5.41, 5.74) is 1.67. The van der Waals surface area contributed by atoms with Crippen LogP contribution >= 0.6 is 0 Å². The number of fused-ring (bicyclic) bond motifs is 1. The second-order valence-electron chi connectivity index (χ2n) is 5.88. The molecule has 9 heteroatoms. The third kappa shape index (κ3) is 3.17. The van der Waals surface area contributed by atoms with Crippen LogP contribution in [0.25, 0.3) is 5.69 Å². The van der Waals surface area contributed by atoms with Crippen molar-refractivity contribution in [1.82, 2.24) is 9.78 Å². The third-order valence-electron chi connectivity index (χ3n) is 4.01. The first-order valence-electron chi connectivity index (χ1n) is 8.04. The van der Waals surface area contributed by atoms with Gasteiger partial charge in [0.15, 0.2) is 11.5 Å². The lowest BCUT2D eigenvalue weighted by atomic mass is 10.2. The van der Waals surface area contributed by atoms with E-state index in [4.69, 9.17) is 9.47 Å². The van der Waals surface area contributed by atoms with Crippen molar-refractivity contribution in [1.29, 1.82) is 0 Å². The van der Waals surface area contributed by atoms with E-state index in [0.29, 0.717) is 34.3 Å². The number of nitro benzene ring substituents is 1. The first kappa shape index (κ1) is 16.6. The van der Waals surface area contributed by atoms with Gasteiger partial charge in [-0.1, -0.05) is 0 Å². The van der Waals surface area contributed by atoms with Crippen LogP contribution in [-0.4, -0.2) is 27.4 Å². The molecule has 0 fully saturated rings. The molecule has 1 amide bonds. The Morgan fingerprint density at radius 2 is 1.89 bits per heavy atom. The highest BCUT2D eigenvalue weighted by Crippen LogP contribution is 2.32. The van der Waals surface area contributed by atoms with Gasteiger partial charge in [-0.3, -0.25) is 14.9 Å². The summed E-state index contributed by atoms with van der Waals surface area (Å²) in [5, 5.41) is 18.0. The van der Waals surface area contributed by atoms with Crippen molar-refractivity contribution in [2.24, 2.45) is 0 Å². The third-order valence-corrected chi connectivity index (χ3v) is 4.01. The van der Waals surface area contributed by atoms with Crippen LogP contribution in [0.4, 0.5) is 11.5 Å². The van der Waals surface area contributed by atoms with E-state index in [2.05, 4.69) is 10.4 Å². The minimum absolute atomic E-state index is 0.0198. The maximum Gasteiger partial charge on any atom is 0.269 e. The molecule has 1 aliphatic heterocycles. The van der Waals surface area contributed by atoms with E-state index >= 15 is 0 Å². The van der Waals surface area contributed by atoms with Gasteiger partial charge in [0.05, 0.1) is 16.3 Å². The zero-order valence-electron chi connectivity index (χ0n) is 14.2. The molecule has 0 saturated heterocycles. The smallest absolute Gasteiger partial charge is 0.269 e. The Kier molecular flexibility index (Phi) is 3.96. The lowest BCUT2D eigenvalue weighted by Crippen LogP contribution is -2.15. The van der Waals surface area contributed by atoms with Crippen LogP contribution in [0, 0.1) is 17.0 Å². The Bertz CT molecular complexity index is 1040. The highest BCUT2D eigenvalue weighted by atomic mass is 16.7. The maximum absolute atomic E-state index is 12.6. The molecule has 4 rings (SSSR count). The van der Waals surface area contributed by atoms with Crippen LogP contribution in [0.5, 0.6) is 11.5 Å². The summed E-state index contributed by atoms with van der Waals surface area (Å²) in [4.78, 5) is 23.0. The molecule has 27 heavy (non-hydrogen) atoms. The van der Waals surface area contributed by atoms with Crippen molar-refractivity contribution >= 4 is 17.4 Å². The highest BCUT2D eigenvalue weighted by Gasteiger charge is 2.18. The average Bonchev–Trinajstić information content (AvgIpc) is 3.27. The molecule has 1 aliphatic rings. The van der Waals surface area contributed by atoms with E-state index in [1.165, 1.54) is 16.8 Å². The van der Waals surface area contributed by atoms with E-state index in [1.807, 2.05) is 0 Å². The highest BCUT2D eigenvalue weighted by molar-refractivity contribution is 6.04. The van der Waals surface area contributed by atoms with Crippen molar-refractivity contribution < 1.29 is 19.2 Å². The van der Waals surface area contributed by atoms with E-state index < -0.39 is 4.92 Å². The summed E-state index contributed by atoms with van der Waals surface area (Å²) < 4.78 is 12.1. The number of carbonyl (C=O) groups excluding carboxylic acids is 1. The summed E-state index contributed by atoms with van der Waals surface area (Å²) in [5.74, 6) is 1.22. The number of nitrogens with zero attached hydrogens (tertiary/aromatic N) is 3. The molecule has 0 saturated carbocycles. The number of non-ortho nitro benzene ring substituents is 1. The van der Waals surface area contributed by atoms with Crippen molar-refractivity contribution in [2.75, 3.05) is 12.1 Å². The molecule has 0 aliphatic carbocycles. The predicted molar refractivity (Wildman–Crippen MR) is 95.5 cm³/mol. The SMILES string of the molecule is Cc1cc(NC(=O)c2ccc3c(c2)OCO3)n(-c2ccc([N+](=O)[O-])cc2)n1. The van der Waals surface area contributed by atoms with Crippen molar-refractivity contribution in [3.63, 3.8) is 0 Å². The zero-order valence-corrected chi connectivity index (χ0v) is 14.2. The van der Waals surface area contributed by atoms with Gasteiger partial charge in [0.1, 0.15) is 5.82 Å². The van der Waals surface area contributed by atoms with E-state index in [1.54, 1.807) is 43.3 Å². The number of rotatable bonds is 4. The summed E-state index contributed by atoms with van der Waals surface area (Å²) in [6, 6.07) is 12.6. The number of ether oxygens (including phenoxy) is 2. The molecule has 2 heterocycles. The molecule has 0 spiro atoms. The van der Waals surface area contributed by atoms with Gasteiger partial charge in [-0.25, -0.2) is 4.68 Å². The first-order valence-corrected chi connectivity index (χ1v) is 8.04. The van der Waals surface area contributed by atoms with Crippen molar-refractivity contribution in [3.8, 4) is 17.2 Å². The van der Waals surface area contributed by atoms with Crippen LogP contribution in [0.2, 0.25) is 0 Å². The average molecular weight is 366 g/mol. The standard InChI is InChI=1S/C18H14N4O5/c1-11-8-17(21(20-11)13-3-5-14(6-4-13)22(24)25)19-18(23)12-2-7-15-16(9-12)27-10-26-15/h2-9H,10H2,1H3,(H,19,23). The van der Waals surface area contributed by atoms with Crippen LogP contribution in [0.1, 0.15) is 16.1 Å². The first-order chi connectivity index (χ1) is 13.0. The Labute approximate surface area is 153 Å². The van der Waals surface area contributed by atoms with Gasteiger partial charge in [0, 0.05) is 23.8 Å². The number of anilines is 1. The van der Waals surface area contributed by atoms with E-state index in [-0.39, 0.29) is 18.4 Å². The number of benzene rings is 2. The molecule has 1 N–H and O–H groups in total. The number of nitro groups is 1. The summed E-state index contributed by atoms with van der Waals surface area (Å²) in [6.07, 6.45) is 0. The van der Waals surface area contributed by atoms with Crippen LogP contribution < -0.4 is 14.8 Å². The molecule has 136 valence electrons. The number of amides is 1. The predicted octanol–water partition coefficient (Wildman–Crippen LogP) is 3.07. The monoisotopic (exact) mass is 366 g/mol. The van der Waals surface area contributed by atoms with Gasteiger partial charge in [-0.2, -0.15) is 5.10 Å². The molecule has 0 radical (unpaired) electrons. The number of hydrogen-bond donors (Lipinski definition) is 1. The zero-order chi connectivity index (χ0) is 19.0. The van der Waals surface area contributed by atoms with E-state index in [9.17, 15) is 14.9 Å². The number of hydrogen-bond acceptors (Lipinski definition) is 6. The van der Waals surface area contributed by atoms with Gasteiger partial charge >= 0.3 is 0 Å². The number of carbonyl (C=O) groups is 1. The Balaban J connectivity index is 1.61. The van der Waals surface area contributed by atoms with Crippen molar-refractivity contribution in [3.05, 3.63) is 69.9 Å². The number of aromatic nitrogens is 2. The minimum Gasteiger partial charge on any atom is -0.454 e. The lowest BCUT2D eigenvalue weighted by molar-refractivity contribution is -0.384. The Morgan fingerprint density at radius 3 is 2.63 bits per heavy atom. The van der Waals surface area contributed by atoms with Crippen LogP contribution in [0.3, 0.4) is 0 Å². The molecular formula is C18H14N4O5. The fraction of sp³-hybridized carbons (Fsp3) is 0.111. The van der Waals surface area contributed by atoms with Gasteiger partial charge in [0.25, 0.3) is 11.6 Å². The van der Waals surface area contributed by atoms with Gasteiger partial charge < -0.3 is 14.8 Å². The quantitative estimate of drug-likeness (QED) is 0.561. The minimum atomic E-state index is -0.472. The second-order valence-corrected chi connectivity index (χ2v) is 5.88. The summed E-state index contributed by atoms with van der Waals surface area (Å²) in [6.45, 7) is 1.92. The maximum atomic E-state index is 12.6. The molecule has 9 nitrogen and oxygen atoms in total. The Hall–Kier alpha value is -3.88. The summed E-state index contributed by atoms with van der Waals surface area (Å²) in [7, 11) is 0. The molecule has 3 aromatic rings. The van der Waals surface area contributed by atoms with Crippen molar-refractivity contribution in [2.45, 2.75) is 6.92 Å². The van der Waals surface area contributed by atoms with Gasteiger partial charge in [0.2, 0.25) is 6.79 Å². The lowest BCUT2D eigenvalue weighted by Gasteiger charge is -2.09. The van der Waals surface area contributed by atoms with Gasteiger partial charge in [-0.15, -0.1) is 0 Å². The Morgan fingerprint density at radius 1 is 1.15 bits per heavy atom. The van der Waals surface area contributed by atoms with Gasteiger partial charge in [-0.05, 0) is 37.3 Å². The molecular weight excluding hydrogens is 352 g/mol. The molecule has 0 atom stereocenters. The summed E-state index contributed by atoms with van der Waals surface area (Å²) >= 11 is 0. The molecule has 0 bridgehead atoms. The molecule has 1 aromatic heterocycles. The van der Waals surface area contributed by atoms with Crippen LogP contribution in [0.15, 0.2) is 48.5 Å². The second kappa shape index (κ2) is 6.45. The normalized spacial score (nSPS) is 12.0. The fourth-order valence-corrected chi connectivity index (χ4v) is 2.73. The topological polar surface area (TPSA) is 109 Å². The molecule has 2 aromatic carbocycles. The molecule has 0 unspecified atom stereocenters. The van der Waals surface area contributed by atoms with Crippen LogP contribution in [-0.2, 0) is 0 Å². The largest absolute Gasteiger partial charge is 0.454 e. The fourth-order valence-electron chi connectivity index (χ4n) is 2.73. The van der Waals surface area contributed by atoms with E-state index in [0.717, 1.165) is 0 Å². The number of aryl methyl sites for hydroxylation is 1. The number of nitrogens with one attached hydrogen (secondary N) is 1.